The minimum Gasteiger partial charge on any atom is -0.411 e. The van der Waals surface area contributed by atoms with Gasteiger partial charge in [0.2, 0.25) is 0 Å². The maximum absolute atomic E-state index is 6.79. The first-order valence-corrected chi connectivity index (χ1v) is 10.7. The Hall–Kier alpha value is 0.137. The van der Waals surface area contributed by atoms with E-state index in [9.17, 15) is 0 Å². The lowest BCUT2D eigenvalue weighted by molar-refractivity contribution is -0.131. The molecule has 3 atom stereocenters. The van der Waals surface area contributed by atoms with Crippen molar-refractivity contribution in [2.24, 2.45) is 5.92 Å². The van der Waals surface area contributed by atoms with Crippen LogP contribution in [0.3, 0.4) is 0 Å². The van der Waals surface area contributed by atoms with Crippen LogP contribution in [-0.2, 0) is 9.16 Å². The van der Waals surface area contributed by atoms with E-state index < -0.39 is 8.32 Å². The second-order valence-corrected chi connectivity index (χ2v) is 13.3. The van der Waals surface area contributed by atoms with Crippen molar-refractivity contribution in [2.75, 3.05) is 0 Å². The highest BCUT2D eigenvalue weighted by Gasteiger charge is 2.64. The smallest absolute Gasteiger partial charge is 0.192 e. The van der Waals surface area contributed by atoms with Gasteiger partial charge in [0.15, 0.2) is 8.32 Å². The fourth-order valence-corrected chi connectivity index (χ4v) is 4.98. The molecule has 1 aliphatic heterocycles. The SMILES string of the molecule is CC[C@@]12CC[C@@H](C1O[Si](C)(C)C(C)(C)C)C(C)(C)O2. The van der Waals surface area contributed by atoms with Crippen molar-refractivity contribution >= 4 is 8.32 Å². The zero-order chi connectivity index (χ0) is 14.7. The van der Waals surface area contributed by atoms with Crippen LogP contribution in [0.4, 0.5) is 0 Å². The molecule has 1 saturated carbocycles. The number of rotatable bonds is 3. The van der Waals surface area contributed by atoms with E-state index in [0.717, 1.165) is 6.42 Å². The van der Waals surface area contributed by atoms with Crippen LogP contribution >= 0.6 is 0 Å². The van der Waals surface area contributed by atoms with Crippen molar-refractivity contribution in [2.45, 2.75) is 96.2 Å². The molecule has 0 N–H and O–H groups in total. The predicted molar refractivity (Wildman–Crippen MR) is 83.0 cm³/mol. The molecule has 2 bridgehead atoms. The Morgan fingerprint density at radius 3 is 2.26 bits per heavy atom. The highest BCUT2D eigenvalue weighted by atomic mass is 28.4. The van der Waals surface area contributed by atoms with Crippen molar-refractivity contribution in [3.63, 3.8) is 0 Å². The summed E-state index contributed by atoms with van der Waals surface area (Å²) in [4.78, 5) is 0. The Bertz CT molecular complexity index is 356. The fraction of sp³-hybridized carbons (Fsp3) is 1.00. The van der Waals surface area contributed by atoms with E-state index in [4.69, 9.17) is 9.16 Å². The molecule has 0 radical (unpaired) electrons. The van der Waals surface area contributed by atoms with Gasteiger partial charge < -0.3 is 9.16 Å². The molecule has 0 amide bonds. The monoisotopic (exact) mass is 284 g/mol. The minimum atomic E-state index is -1.72. The van der Waals surface area contributed by atoms with E-state index in [1.165, 1.54) is 12.8 Å². The van der Waals surface area contributed by atoms with Crippen LogP contribution < -0.4 is 0 Å². The van der Waals surface area contributed by atoms with Gasteiger partial charge >= 0.3 is 0 Å². The second-order valence-electron chi connectivity index (χ2n) is 8.57. The van der Waals surface area contributed by atoms with Gasteiger partial charge in [0, 0.05) is 5.92 Å². The molecule has 0 aromatic heterocycles. The Morgan fingerprint density at radius 1 is 1.26 bits per heavy atom. The third-order valence-corrected chi connectivity index (χ3v) is 10.4. The normalized spacial score (nSPS) is 37.9. The quantitative estimate of drug-likeness (QED) is 0.697. The molecule has 3 heteroatoms. The number of ether oxygens (including phenoxy) is 1. The minimum absolute atomic E-state index is 0.0102. The van der Waals surface area contributed by atoms with Crippen molar-refractivity contribution < 1.29 is 9.16 Å². The summed E-state index contributed by atoms with van der Waals surface area (Å²) in [7, 11) is -1.72. The van der Waals surface area contributed by atoms with Crippen LogP contribution in [-0.4, -0.2) is 25.6 Å². The maximum atomic E-state index is 6.79. The van der Waals surface area contributed by atoms with Gasteiger partial charge in [-0.05, 0) is 51.2 Å². The van der Waals surface area contributed by atoms with Crippen LogP contribution in [0.15, 0.2) is 0 Å². The van der Waals surface area contributed by atoms with E-state index >= 15 is 0 Å². The molecular formula is C16H32O2Si. The number of hydrogen-bond acceptors (Lipinski definition) is 2. The maximum Gasteiger partial charge on any atom is 0.192 e. The van der Waals surface area contributed by atoms with Crippen LogP contribution in [0, 0.1) is 5.92 Å². The van der Waals surface area contributed by atoms with Gasteiger partial charge in [-0.3, -0.25) is 0 Å². The largest absolute Gasteiger partial charge is 0.411 e. The molecule has 2 fully saturated rings. The molecular weight excluding hydrogens is 252 g/mol. The molecule has 1 aliphatic carbocycles. The predicted octanol–water partition coefficient (Wildman–Crippen LogP) is 4.74. The van der Waals surface area contributed by atoms with Crippen molar-refractivity contribution in [1.82, 2.24) is 0 Å². The number of fused-ring (bicyclic) bond motifs is 2. The molecule has 2 rings (SSSR count). The molecule has 0 aromatic rings. The van der Waals surface area contributed by atoms with Gasteiger partial charge in [-0.25, -0.2) is 0 Å². The Morgan fingerprint density at radius 2 is 1.84 bits per heavy atom. The Balaban J connectivity index is 2.26. The highest BCUT2D eigenvalue weighted by molar-refractivity contribution is 6.74. The summed E-state index contributed by atoms with van der Waals surface area (Å²) in [6.07, 6.45) is 3.83. The van der Waals surface area contributed by atoms with E-state index in [-0.39, 0.29) is 16.2 Å². The molecule has 1 saturated heterocycles. The van der Waals surface area contributed by atoms with Crippen LogP contribution in [0.2, 0.25) is 18.1 Å². The molecule has 1 heterocycles. The van der Waals surface area contributed by atoms with E-state index in [1.54, 1.807) is 0 Å². The molecule has 2 aliphatic rings. The summed E-state index contributed by atoms with van der Waals surface area (Å²) in [5.41, 5.74) is -0.0228. The Labute approximate surface area is 120 Å². The van der Waals surface area contributed by atoms with Crippen LogP contribution in [0.1, 0.15) is 60.8 Å². The third-order valence-electron chi connectivity index (χ3n) is 5.95. The lowest BCUT2D eigenvalue weighted by atomic mass is 9.89. The molecule has 0 aromatic carbocycles. The molecule has 1 unspecified atom stereocenters. The average Bonchev–Trinajstić information content (AvgIpc) is 2.65. The fourth-order valence-electron chi connectivity index (χ4n) is 3.61. The van der Waals surface area contributed by atoms with Crippen molar-refractivity contribution in [3.8, 4) is 0 Å². The van der Waals surface area contributed by atoms with E-state index in [2.05, 4.69) is 54.6 Å². The zero-order valence-corrected chi connectivity index (χ0v) is 15.1. The molecule has 2 nitrogen and oxygen atoms in total. The van der Waals surface area contributed by atoms with Gasteiger partial charge in [-0.2, -0.15) is 0 Å². The summed E-state index contributed by atoms with van der Waals surface area (Å²) in [6.45, 7) is 18.4. The first-order valence-electron chi connectivity index (χ1n) is 7.83. The van der Waals surface area contributed by atoms with E-state index in [0.29, 0.717) is 12.0 Å². The lowest BCUT2D eigenvalue weighted by Crippen LogP contribution is -2.49. The third kappa shape index (κ3) is 2.32. The Kier molecular flexibility index (Phi) is 3.52. The van der Waals surface area contributed by atoms with Crippen molar-refractivity contribution in [3.05, 3.63) is 0 Å². The lowest BCUT2D eigenvalue weighted by Gasteiger charge is -2.41. The van der Waals surface area contributed by atoms with Gasteiger partial charge in [-0.15, -0.1) is 0 Å². The number of hydrogen-bond donors (Lipinski definition) is 0. The van der Waals surface area contributed by atoms with Gasteiger partial charge in [0.1, 0.15) is 0 Å². The van der Waals surface area contributed by atoms with Gasteiger partial charge in [0.05, 0.1) is 17.3 Å². The van der Waals surface area contributed by atoms with E-state index in [1.807, 2.05) is 0 Å². The summed E-state index contributed by atoms with van der Waals surface area (Å²) in [5.74, 6) is 0.571. The molecule has 112 valence electrons. The summed E-state index contributed by atoms with van der Waals surface area (Å²) < 4.78 is 13.2. The molecule has 19 heavy (non-hydrogen) atoms. The topological polar surface area (TPSA) is 18.5 Å². The van der Waals surface area contributed by atoms with Crippen LogP contribution in [0.25, 0.3) is 0 Å². The van der Waals surface area contributed by atoms with Gasteiger partial charge in [-0.1, -0.05) is 27.7 Å². The summed E-state index contributed by atoms with van der Waals surface area (Å²) in [6, 6.07) is 0. The summed E-state index contributed by atoms with van der Waals surface area (Å²) >= 11 is 0. The second kappa shape index (κ2) is 4.31. The standard InChI is InChI=1S/C16H32O2Si/c1-9-16-11-10-12(15(5,6)18-16)13(16)17-19(7,8)14(2,3)4/h12-13H,9-11H2,1-8H3/t12-,13?,16+/m0/s1. The first kappa shape index (κ1) is 15.5. The molecule has 0 spiro atoms. The zero-order valence-electron chi connectivity index (χ0n) is 14.1. The average molecular weight is 285 g/mol. The van der Waals surface area contributed by atoms with Crippen molar-refractivity contribution in [1.29, 1.82) is 0 Å². The summed E-state index contributed by atoms with van der Waals surface area (Å²) in [5, 5.41) is 0.272. The van der Waals surface area contributed by atoms with Crippen LogP contribution in [0.5, 0.6) is 0 Å². The van der Waals surface area contributed by atoms with Gasteiger partial charge in [0.25, 0.3) is 0 Å². The highest BCUT2D eigenvalue weighted by Crippen LogP contribution is 2.57. The first-order chi connectivity index (χ1) is 8.45.